The van der Waals surface area contributed by atoms with Crippen molar-refractivity contribution in [2.75, 3.05) is 13.1 Å². The molecule has 0 aliphatic carbocycles. The number of β-amino-alcohol motifs (C(OH)–C–C–N with tert-alkyl or cyclic N) is 1. The van der Waals surface area contributed by atoms with Crippen LogP contribution in [0.15, 0.2) is 30.3 Å². The minimum Gasteiger partial charge on any atom is -0.445 e. The van der Waals surface area contributed by atoms with Crippen LogP contribution in [0.5, 0.6) is 0 Å². The summed E-state index contributed by atoms with van der Waals surface area (Å²) < 4.78 is 5.10. The van der Waals surface area contributed by atoms with Crippen LogP contribution in [0, 0.1) is 0 Å². The van der Waals surface area contributed by atoms with Gasteiger partial charge in [-0.05, 0) is 18.5 Å². The van der Waals surface area contributed by atoms with Gasteiger partial charge in [0.05, 0.1) is 12.1 Å². The van der Waals surface area contributed by atoms with E-state index in [0.717, 1.165) is 12.1 Å². The minimum atomic E-state index is -0.553. The summed E-state index contributed by atoms with van der Waals surface area (Å²) in [4.78, 5) is 11.6. The second-order valence-electron chi connectivity index (χ2n) is 4.37. The average molecular weight is 287 g/mol. The van der Waals surface area contributed by atoms with Crippen molar-refractivity contribution in [1.82, 2.24) is 10.6 Å². The molecule has 0 radical (unpaired) electrons. The van der Waals surface area contributed by atoms with Gasteiger partial charge in [-0.1, -0.05) is 30.3 Å². The number of aliphatic hydroxyl groups is 1. The van der Waals surface area contributed by atoms with Crippen LogP contribution in [0.4, 0.5) is 4.79 Å². The molecule has 19 heavy (non-hydrogen) atoms. The summed E-state index contributed by atoms with van der Waals surface area (Å²) in [5, 5.41) is 15.4. The zero-order valence-electron chi connectivity index (χ0n) is 10.5. The fourth-order valence-electron chi connectivity index (χ4n) is 1.93. The number of hydrogen-bond donors (Lipinski definition) is 3. The fraction of sp³-hybridized carbons (Fsp3) is 0.462. The number of alkyl carbamates (subject to hydrolysis) is 1. The summed E-state index contributed by atoms with van der Waals surface area (Å²) in [6.07, 6.45) is -0.324. The van der Waals surface area contributed by atoms with Crippen molar-refractivity contribution in [3.05, 3.63) is 35.9 Å². The Morgan fingerprint density at radius 1 is 1.42 bits per heavy atom. The number of ether oxygens (including phenoxy) is 1. The molecule has 0 saturated carbocycles. The Labute approximate surface area is 118 Å². The molecule has 6 heteroatoms. The largest absolute Gasteiger partial charge is 0.445 e. The Balaban J connectivity index is 0.00000180. The molecule has 1 saturated heterocycles. The highest BCUT2D eigenvalue weighted by atomic mass is 35.5. The van der Waals surface area contributed by atoms with Crippen molar-refractivity contribution in [1.29, 1.82) is 0 Å². The zero-order valence-corrected chi connectivity index (χ0v) is 11.4. The van der Waals surface area contributed by atoms with Crippen LogP contribution in [0.2, 0.25) is 0 Å². The summed E-state index contributed by atoms with van der Waals surface area (Å²) in [6.45, 7) is 1.54. The first-order chi connectivity index (χ1) is 8.75. The van der Waals surface area contributed by atoms with Gasteiger partial charge in [-0.25, -0.2) is 4.79 Å². The predicted octanol–water partition coefficient (Wildman–Crippen LogP) is 1.06. The van der Waals surface area contributed by atoms with Crippen molar-refractivity contribution in [3.8, 4) is 0 Å². The summed E-state index contributed by atoms with van der Waals surface area (Å²) in [5.41, 5.74) is 0.943. The number of halogens is 1. The van der Waals surface area contributed by atoms with Crippen LogP contribution < -0.4 is 10.6 Å². The smallest absolute Gasteiger partial charge is 0.407 e. The summed E-state index contributed by atoms with van der Waals surface area (Å²) >= 11 is 0. The van der Waals surface area contributed by atoms with Gasteiger partial charge < -0.3 is 20.5 Å². The molecule has 1 aliphatic heterocycles. The Kier molecular flexibility index (Phi) is 6.62. The standard InChI is InChI=1S/C13H18N2O3.ClH/c16-12-8-14-7-6-11(12)15-13(17)18-9-10-4-2-1-3-5-10;/h1-5,11-12,14,16H,6-9H2,(H,15,17);1H/t11-,12-;/m1./s1. The maximum absolute atomic E-state index is 11.6. The first-order valence-corrected chi connectivity index (χ1v) is 6.11. The number of piperidine rings is 1. The van der Waals surface area contributed by atoms with Crippen LogP contribution in [0.1, 0.15) is 12.0 Å². The van der Waals surface area contributed by atoms with Crippen LogP contribution in [-0.4, -0.2) is 36.4 Å². The van der Waals surface area contributed by atoms with E-state index in [2.05, 4.69) is 10.6 Å². The first-order valence-electron chi connectivity index (χ1n) is 6.11. The van der Waals surface area contributed by atoms with Gasteiger partial charge in [0.15, 0.2) is 0 Å². The van der Waals surface area contributed by atoms with Gasteiger partial charge in [-0.2, -0.15) is 0 Å². The molecule has 0 aromatic heterocycles. The third-order valence-electron chi connectivity index (χ3n) is 2.97. The molecule has 1 fully saturated rings. The highest BCUT2D eigenvalue weighted by Gasteiger charge is 2.24. The topological polar surface area (TPSA) is 70.6 Å². The molecule has 0 bridgehead atoms. The van der Waals surface area contributed by atoms with E-state index in [9.17, 15) is 9.90 Å². The van der Waals surface area contributed by atoms with E-state index in [-0.39, 0.29) is 25.1 Å². The Bertz CT molecular complexity index is 389. The lowest BCUT2D eigenvalue weighted by atomic mass is 10.0. The Hall–Kier alpha value is -1.30. The number of hydrogen-bond acceptors (Lipinski definition) is 4. The van der Waals surface area contributed by atoms with Crippen LogP contribution in [0.25, 0.3) is 0 Å². The van der Waals surface area contributed by atoms with E-state index < -0.39 is 12.2 Å². The molecule has 1 aliphatic rings. The lowest BCUT2D eigenvalue weighted by molar-refractivity contribution is 0.0864. The molecule has 5 nitrogen and oxygen atoms in total. The molecule has 1 aromatic carbocycles. The third-order valence-corrected chi connectivity index (χ3v) is 2.97. The average Bonchev–Trinajstić information content (AvgIpc) is 2.40. The first kappa shape index (κ1) is 15.8. The molecule has 1 aromatic rings. The molecule has 2 atom stereocenters. The second-order valence-corrected chi connectivity index (χ2v) is 4.37. The SMILES string of the molecule is Cl.O=C(N[C@@H]1CCNC[C@H]1O)OCc1ccccc1. The van der Waals surface area contributed by atoms with Crippen molar-refractivity contribution in [2.24, 2.45) is 0 Å². The molecule has 1 amide bonds. The molecule has 2 rings (SSSR count). The summed E-state index contributed by atoms with van der Waals surface area (Å²) in [5.74, 6) is 0. The van der Waals surface area contributed by atoms with E-state index in [0.29, 0.717) is 13.0 Å². The Morgan fingerprint density at radius 3 is 2.84 bits per heavy atom. The maximum atomic E-state index is 11.6. The number of benzene rings is 1. The van der Waals surface area contributed by atoms with Gasteiger partial charge in [0, 0.05) is 6.54 Å². The van der Waals surface area contributed by atoms with E-state index >= 15 is 0 Å². The van der Waals surface area contributed by atoms with Crippen molar-refractivity contribution in [3.63, 3.8) is 0 Å². The number of amides is 1. The molecule has 106 valence electrons. The molecule has 0 spiro atoms. The lowest BCUT2D eigenvalue weighted by Gasteiger charge is -2.28. The van der Waals surface area contributed by atoms with Crippen molar-refractivity contribution in [2.45, 2.75) is 25.2 Å². The van der Waals surface area contributed by atoms with E-state index in [1.165, 1.54) is 0 Å². The number of aliphatic hydroxyl groups excluding tert-OH is 1. The third kappa shape index (κ3) is 5.06. The minimum absolute atomic E-state index is 0. The summed E-state index contributed by atoms with van der Waals surface area (Å²) in [6, 6.07) is 9.27. The number of nitrogens with one attached hydrogen (secondary N) is 2. The van der Waals surface area contributed by atoms with Gasteiger partial charge in [0.25, 0.3) is 0 Å². The summed E-state index contributed by atoms with van der Waals surface area (Å²) in [7, 11) is 0. The molecule has 3 N–H and O–H groups in total. The normalized spacial score (nSPS) is 22.2. The van der Waals surface area contributed by atoms with Crippen molar-refractivity contribution >= 4 is 18.5 Å². The molecule has 1 heterocycles. The zero-order chi connectivity index (χ0) is 12.8. The van der Waals surface area contributed by atoms with E-state index in [1.807, 2.05) is 30.3 Å². The van der Waals surface area contributed by atoms with Gasteiger partial charge in [-0.3, -0.25) is 0 Å². The van der Waals surface area contributed by atoms with Crippen LogP contribution in [0.3, 0.4) is 0 Å². The lowest BCUT2D eigenvalue weighted by Crippen LogP contribution is -2.52. The number of rotatable bonds is 3. The van der Waals surface area contributed by atoms with Crippen molar-refractivity contribution < 1.29 is 14.6 Å². The Morgan fingerprint density at radius 2 is 2.16 bits per heavy atom. The second kappa shape index (κ2) is 7.99. The highest BCUT2D eigenvalue weighted by Crippen LogP contribution is 2.05. The monoisotopic (exact) mass is 286 g/mol. The van der Waals surface area contributed by atoms with Gasteiger partial charge in [0.2, 0.25) is 0 Å². The van der Waals surface area contributed by atoms with Crippen LogP contribution >= 0.6 is 12.4 Å². The van der Waals surface area contributed by atoms with Gasteiger partial charge in [-0.15, -0.1) is 12.4 Å². The predicted molar refractivity (Wildman–Crippen MR) is 74.3 cm³/mol. The van der Waals surface area contributed by atoms with Gasteiger partial charge in [0.1, 0.15) is 6.61 Å². The quantitative estimate of drug-likeness (QED) is 0.777. The fourth-order valence-corrected chi connectivity index (χ4v) is 1.93. The van der Waals surface area contributed by atoms with E-state index in [1.54, 1.807) is 0 Å². The highest BCUT2D eigenvalue weighted by molar-refractivity contribution is 5.85. The maximum Gasteiger partial charge on any atom is 0.407 e. The number of carbonyl (C=O) groups is 1. The molecular weight excluding hydrogens is 268 g/mol. The van der Waals surface area contributed by atoms with Gasteiger partial charge >= 0.3 is 6.09 Å². The molecule has 0 unspecified atom stereocenters. The number of carbonyl (C=O) groups excluding carboxylic acids is 1. The van der Waals surface area contributed by atoms with E-state index in [4.69, 9.17) is 4.74 Å². The molecular formula is C13H19ClN2O3. The van der Waals surface area contributed by atoms with Crippen LogP contribution in [-0.2, 0) is 11.3 Å².